The molecule has 0 bridgehead atoms. The average molecular weight is 405 g/mol. The fourth-order valence-electron chi connectivity index (χ4n) is 3.16. The van der Waals surface area contributed by atoms with E-state index in [4.69, 9.17) is 15.2 Å². The average Bonchev–Trinajstić information content (AvgIpc) is 3.40. The van der Waals surface area contributed by atoms with E-state index < -0.39 is 37.1 Å². The van der Waals surface area contributed by atoms with Crippen molar-refractivity contribution in [3.8, 4) is 6.01 Å². The number of aliphatic hydroxyl groups excluding tert-OH is 3. The molecule has 29 heavy (non-hydrogen) atoms. The van der Waals surface area contributed by atoms with Crippen molar-refractivity contribution >= 4 is 23.0 Å². The summed E-state index contributed by atoms with van der Waals surface area (Å²) < 4.78 is 12.0. The Morgan fingerprint density at radius 3 is 2.86 bits per heavy atom. The Kier molecular flexibility index (Phi) is 4.87. The number of carbonyl (C=O) groups is 1. The minimum Gasteiger partial charge on any atom is -0.394 e. The maximum absolute atomic E-state index is 12.4. The number of aromatic amines is 1. The van der Waals surface area contributed by atoms with E-state index in [-0.39, 0.29) is 28.6 Å². The van der Waals surface area contributed by atoms with Gasteiger partial charge in [-0.3, -0.25) is 9.67 Å². The van der Waals surface area contributed by atoms with E-state index in [0.29, 0.717) is 12.1 Å². The number of imidazole rings is 1. The van der Waals surface area contributed by atoms with Crippen molar-refractivity contribution in [2.75, 3.05) is 12.3 Å². The fourth-order valence-corrected chi connectivity index (χ4v) is 3.16. The summed E-state index contributed by atoms with van der Waals surface area (Å²) in [6.45, 7) is 1.37. The first kappa shape index (κ1) is 19.2. The normalized spacial score (nSPS) is 24.3. The van der Waals surface area contributed by atoms with E-state index >= 15 is 0 Å². The fraction of sp³-hybridized carbons (Fsp3) is 0.438. The number of aromatic nitrogens is 6. The van der Waals surface area contributed by atoms with Crippen molar-refractivity contribution in [2.45, 2.75) is 37.9 Å². The predicted octanol–water partition coefficient (Wildman–Crippen LogP) is -1.48. The van der Waals surface area contributed by atoms with Gasteiger partial charge < -0.3 is 30.5 Å². The van der Waals surface area contributed by atoms with Gasteiger partial charge in [0, 0.05) is 5.69 Å². The van der Waals surface area contributed by atoms with Crippen molar-refractivity contribution in [3.05, 3.63) is 23.8 Å². The number of fused-ring (bicyclic) bond motifs is 1. The molecule has 4 rings (SSSR count). The Hall–Kier alpha value is -3.13. The number of nitrogen functional groups attached to an aromatic ring is 1. The van der Waals surface area contributed by atoms with Crippen molar-refractivity contribution in [1.82, 2.24) is 29.7 Å². The molecule has 6 N–H and O–H groups in total. The number of nitrogens with one attached hydrogen (secondary N) is 1. The molecule has 154 valence electrons. The van der Waals surface area contributed by atoms with E-state index in [1.54, 1.807) is 0 Å². The summed E-state index contributed by atoms with van der Waals surface area (Å²) in [5.74, 6) is -0.764. The summed E-state index contributed by atoms with van der Waals surface area (Å²) in [6, 6.07) is -0.322. The van der Waals surface area contributed by atoms with E-state index in [0.717, 1.165) is 0 Å². The minimum atomic E-state index is -1.34. The largest absolute Gasteiger partial charge is 0.394 e. The van der Waals surface area contributed by atoms with Crippen LogP contribution in [0.15, 0.2) is 12.5 Å². The van der Waals surface area contributed by atoms with Crippen LogP contribution in [0.2, 0.25) is 0 Å². The van der Waals surface area contributed by atoms with Gasteiger partial charge in [-0.2, -0.15) is 15.1 Å². The number of nitrogens with zero attached hydrogens (tertiary/aromatic N) is 5. The molecule has 13 nitrogen and oxygen atoms in total. The molecule has 1 fully saturated rings. The number of nitrogens with two attached hydrogens (primary N) is 1. The molecule has 0 spiro atoms. The number of hydrogen-bond donors (Lipinski definition) is 5. The Morgan fingerprint density at radius 1 is 1.38 bits per heavy atom. The Balaban J connectivity index is 1.68. The van der Waals surface area contributed by atoms with Gasteiger partial charge in [0.15, 0.2) is 23.2 Å². The highest BCUT2D eigenvalue weighted by molar-refractivity contribution is 5.92. The topological polar surface area (TPSA) is 195 Å². The van der Waals surface area contributed by atoms with Gasteiger partial charge in [0.2, 0.25) is 0 Å². The predicted molar refractivity (Wildman–Crippen MR) is 95.7 cm³/mol. The third kappa shape index (κ3) is 3.19. The number of carbonyl (C=O) groups excluding carboxylic acids is 1. The van der Waals surface area contributed by atoms with Gasteiger partial charge in [0.1, 0.15) is 23.9 Å². The maximum atomic E-state index is 12.4. The first-order valence-electron chi connectivity index (χ1n) is 8.81. The number of ether oxygens (including phenoxy) is 2. The Bertz CT molecular complexity index is 1050. The van der Waals surface area contributed by atoms with Crippen LogP contribution in [0.25, 0.3) is 11.2 Å². The summed E-state index contributed by atoms with van der Waals surface area (Å²) in [5.41, 5.74) is 7.06. The lowest BCUT2D eigenvalue weighted by Gasteiger charge is -2.16. The molecule has 1 saturated heterocycles. The lowest BCUT2D eigenvalue weighted by Crippen LogP contribution is -2.33. The van der Waals surface area contributed by atoms with Crippen molar-refractivity contribution < 1.29 is 29.6 Å². The van der Waals surface area contributed by atoms with E-state index in [9.17, 15) is 20.1 Å². The highest BCUT2D eigenvalue weighted by Crippen LogP contribution is 2.32. The van der Waals surface area contributed by atoms with Gasteiger partial charge in [-0.05, 0) is 6.42 Å². The zero-order valence-corrected chi connectivity index (χ0v) is 15.3. The van der Waals surface area contributed by atoms with Gasteiger partial charge in [0.25, 0.3) is 0 Å². The van der Waals surface area contributed by atoms with Crippen LogP contribution in [0.1, 0.15) is 29.2 Å². The number of anilines is 1. The quantitative estimate of drug-likeness (QED) is 0.311. The highest BCUT2D eigenvalue weighted by Gasteiger charge is 2.44. The van der Waals surface area contributed by atoms with Crippen LogP contribution < -0.4 is 10.5 Å². The van der Waals surface area contributed by atoms with Crippen molar-refractivity contribution in [2.24, 2.45) is 0 Å². The molecule has 0 aromatic carbocycles. The SMILES string of the molecule is CCc1[nH]ncc1C(=O)Oc1nc(N)c2ncn([C@@H]3O[C@H](CO)[C@@H](O)[C@H]3O)c2n1. The molecule has 1 aliphatic heterocycles. The third-order valence-corrected chi connectivity index (χ3v) is 4.69. The van der Waals surface area contributed by atoms with E-state index in [1.165, 1.54) is 17.1 Å². The molecular weight excluding hydrogens is 386 g/mol. The summed E-state index contributed by atoms with van der Waals surface area (Å²) in [7, 11) is 0. The molecular formula is C16H19N7O6. The van der Waals surface area contributed by atoms with Gasteiger partial charge in [0.05, 0.1) is 19.1 Å². The van der Waals surface area contributed by atoms with Crippen LogP contribution in [-0.4, -0.2) is 75.9 Å². The number of aryl methyl sites for hydroxylation is 1. The number of esters is 1. The number of hydrogen-bond acceptors (Lipinski definition) is 11. The summed E-state index contributed by atoms with van der Waals surface area (Å²) >= 11 is 0. The Morgan fingerprint density at radius 2 is 2.17 bits per heavy atom. The standard InChI is InChI=1S/C16H19N7O6/c1-2-7-6(3-19-22-7)15(27)29-16-20-12(17)9-13(21-16)23(5-18-9)14-11(26)10(25)8(4-24)28-14/h3,5,8,10-11,14,24-26H,2,4H2,1H3,(H,19,22)(H2,17,20,21)/t8-,10-,11-,14-/m1/s1. The zero-order valence-electron chi connectivity index (χ0n) is 15.3. The first-order valence-corrected chi connectivity index (χ1v) is 8.81. The highest BCUT2D eigenvalue weighted by atomic mass is 16.6. The van der Waals surface area contributed by atoms with Crippen LogP contribution in [0.5, 0.6) is 6.01 Å². The van der Waals surface area contributed by atoms with Crippen LogP contribution in [0, 0.1) is 0 Å². The Labute approximate surface area is 163 Å². The van der Waals surface area contributed by atoms with Crippen molar-refractivity contribution in [1.29, 1.82) is 0 Å². The van der Waals surface area contributed by atoms with Crippen LogP contribution in [0.3, 0.4) is 0 Å². The molecule has 4 heterocycles. The van der Waals surface area contributed by atoms with Gasteiger partial charge in [-0.15, -0.1) is 0 Å². The first-order chi connectivity index (χ1) is 13.9. The van der Waals surface area contributed by atoms with E-state index in [2.05, 4.69) is 25.1 Å². The number of H-pyrrole nitrogens is 1. The molecule has 3 aromatic rings. The molecule has 0 aliphatic carbocycles. The second kappa shape index (κ2) is 7.36. The third-order valence-electron chi connectivity index (χ3n) is 4.69. The van der Waals surface area contributed by atoms with Crippen molar-refractivity contribution in [3.63, 3.8) is 0 Å². The molecule has 3 aromatic heterocycles. The van der Waals surface area contributed by atoms with E-state index in [1.807, 2.05) is 6.92 Å². The summed E-state index contributed by atoms with van der Waals surface area (Å²) in [6.07, 6.45) is -1.51. The summed E-state index contributed by atoms with van der Waals surface area (Å²) in [5, 5.41) is 36.0. The monoisotopic (exact) mass is 405 g/mol. The lowest BCUT2D eigenvalue weighted by atomic mass is 10.1. The second-order valence-corrected chi connectivity index (χ2v) is 6.45. The smallest absolute Gasteiger partial charge is 0.349 e. The van der Waals surface area contributed by atoms with Crippen LogP contribution in [0.4, 0.5) is 5.82 Å². The second-order valence-electron chi connectivity index (χ2n) is 6.45. The molecule has 4 atom stereocenters. The van der Waals surface area contributed by atoms with Gasteiger partial charge in [-0.1, -0.05) is 6.92 Å². The zero-order chi connectivity index (χ0) is 20.7. The van der Waals surface area contributed by atoms with Gasteiger partial charge >= 0.3 is 12.0 Å². The number of aliphatic hydroxyl groups is 3. The number of rotatable bonds is 5. The molecule has 13 heteroatoms. The van der Waals surface area contributed by atoms with Crippen LogP contribution >= 0.6 is 0 Å². The lowest BCUT2D eigenvalue weighted by molar-refractivity contribution is -0.0511. The molecule has 1 aliphatic rings. The minimum absolute atomic E-state index is 0.0498. The molecule has 0 amide bonds. The molecule has 0 radical (unpaired) electrons. The molecule has 0 unspecified atom stereocenters. The maximum Gasteiger partial charge on any atom is 0.349 e. The van der Waals surface area contributed by atoms with Gasteiger partial charge in [-0.25, -0.2) is 9.78 Å². The van der Waals surface area contributed by atoms with Crippen LogP contribution in [-0.2, 0) is 11.2 Å². The molecule has 0 saturated carbocycles. The summed E-state index contributed by atoms with van der Waals surface area (Å²) in [4.78, 5) is 24.6.